The van der Waals surface area contributed by atoms with Gasteiger partial charge in [-0.3, -0.25) is 0 Å². The minimum atomic E-state index is -3.04. The van der Waals surface area contributed by atoms with E-state index in [4.69, 9.17) is 0 Å². The van der Waals surface area contributed by atoms with Crippen molar-refractivity contribution in [1.82, 2.24) is 4.31 Å². The van der Waals surface area contributed by atoms with Gasteiger partial charge in [0.05, 0.1) is 6.26 Å². The molecule has 0 N–H and O–H groups in total. The van der Waals surface area contributed by atoms with Crippen molar-refractivity contribution < 1.29 is 8.42 Å². The lowest BCUT2D eigenvalue weighted by Crippen LogP contribution is -2.42. The Bertz CT molecular complexity index is 394. The van der Waals surface area contributed by atoms with E-state index < -0.39 is 10.0 Å². The molecule has 0 spiro atoms. The maximum Gasteiger partial charge on any atom is 0.211 e. The highest BCUT2D eigenvalue weighted by Crippen LogP contribution is 2.39. The summed E-state index contributed by atoms with van der Waals surface area (Å²) >= 11 is 7.36. The van der Waals surface area contributed by atoms with E-state index in [1.807, 2.05) is 0 Å². The highest BCUT2D eigenvalue weighted by molar-refractivity contribution is 9.09. The van der Waals surface area contributed by atoms with Crippen molar-refractivity contribution in [2.45, 2.75) is 39.5 Å². The lowest BCUT2D eigenvalue weighted by atomic mass is 9.75. The van der Waals surface area contributed by atoms with Crippen LogP contribution in [0.15, 0.2) is 0 Å². The first-order valence-corrected chi connectivity index (χ1v) is 11.4. The maximum atomic E-state index is 11.7. The Morgan fingerprint density at radius 3 is 2.35 bits per heavy atom. The quantitative estimate of drug-likeness (QED) is 0.572. The largest absolute Gasteiger partial charge is 0.213 e. The molecular formula is C14H27Br2NO2S. The van der Waals surface area contributed by atoms with E-state index >= 15 is 0 Å². The molecule has 0 aromatic heterocycles. The smallest absolute Gasteiger partial charge is 0.211 e. The summed E-state index contributed by atoms with van der Waals surface area (Å²) in [5, 5.41) is 1.94. The third-order valence-corrected chi connectivity index (χ3v) is 7.73. The minimum absolute atomic E-state index is 0.235. The fourth-order valence-corrected chi connectivity index (χ4v) is 6.10. The van der Waals surface area contributed by atoms with Crippen LogP contribution in [0, 0.1) is 17.3 Å². The summed E-state index contributed by atoms with van der Waals surface area (Å²) in [7, 11) is -3.04. The molecule has 1 aliphatic rings. The van der Waals surface area contributed by atoms with Crippen LogP contribution in [0.3, 0.4) is 0 Å². The first kappa shape index (κ1) is 18.9. The second kappa shape index (κ2) is 7.93. The molecule has 1 aliphatic heterocycles. The van der Waals surface area contributed by atoms with E-state index in [1.165, 1.54) is 12.7 Å². The third kappa shape index (κ3) is 5.58. The average molecular weight is 433 g/mol. The third-order valence-electron chi connectivity index (χ3n) is 4.08. The normalized spacial score (nSPS) is 22.4. The Morgan fingerprint density at radius 1 is 1.30 bits per heavy atom. The van der Waals surface area contributed by atoms with Crippen molar-refractivity contribution in [3.05, 3.63) is 0 Å². The van der Waals surface area contributed by atoms with Crippen LogP contribution in [0.5, 0.6) is 0 Å². The zero-order valence-corrected chi connectivity index (χ0v) is 16.7. The van der Waals surface area contributed by atoms with Crippen molar-refractivity contribution in [1.29, 1.82) is 0 Å². The summed E-state index contributed by atoms with van der Waals surface area (Å²) in [5.74, 6) is 1.13. The van der Waals surface area contributed by atoms with Gasteiger partial charge >= 0.3 is 0 Å². The summed E-state index contributed by atoms with van der Waals surface area (Å²) in [6.07, 6.45) is 5.71. The summed E-state index contributed by atoms with van der Waals surface area (Å²) in [5.41, 5.74) is 0.235. The van der Waals surface area contributed by atoms with Gasteiger partial charge in [-0.05, 0) is 42.9 Å². The van der Waals surface area contributed by atoms with Crippen LogP contribution in [-0.4, -0.2) is 42.7 Å². The molecule has 0 bridgehead atoms. The fourth-order valence-electron chi connectivity index (χ4n) is 3.31. The van der Waals surface area contributed by atoms with Gasteiger partial charge in [-0.25, -0.2) is 12.7 Å². The molecule has 1 fully saturated rings. The molecule has 0 aromatic carbocycles. The highest BCUT2D eigenvalue weighted by atomic mass is 79.9. The average Bonchev–Trinajstić information content (AvgIpc) is 2.36. The van der Waals surface area contributed by atoms with Gasteiger partial charge in [0, 0.05) is 23.7 Å². The Balaban J connectivity index is 2.73. The zero-order valence-electron chi connectivity index (χ0n) is 12.7. The predicted octanol–water partition coefficient (Wildman–Crippen LogP) is 3.87. The summed E-state index contributed by atoms with van der Waals surface area (Å²) in [6, 6.07) is 0. The molecule has 6 heteroatoms. The molecule has 1 unspecified atom stereocenters. The number of hydrogen-bond donors (Lipinski definition) is 0. The summed E-state index contributed by atoms with van der Waals surface area (Å²) in [4.78, 5) is 0. The molecule has 0 amide bonds. The van der Waals surface area contributed by atoms with E-state index in [0.717, 1.165) is 29.9 Å². The number of sulfonamides is 1. The van der Waals surface area contributed by atoms with Crippen LogP contribution >= 0.6 is 31.9 Å². The number of halogens is 2. The van der Waals surface area contributed by atoms with Crippen molar-refractivity contribution in [2.24, 2.45) is 17.3 Å². The van der Waals surface area contributed by atoms with Crippen LogP contribution in [0.25, 0.3) is 0 Å². The first-order chi connectivity index (χ1) is 9.22. The SMILES string of the molecule is CC(C)CC(CBr)(CBr)CC1CCCN(S(C)(=O)=O)C1. The summed E-state index contributed by atoms with van der Waals surface area (Å²) < 4.78 is 25.1. The van der Waals surface area contributed by atoms with Crippen LogP contribution < -0.4 is 0 Å². The van der Waals surface area contributed by atoms with E-state index in [9.17, 15) is 8.42 Å². The molecule has 0 aromatic rings. The monoisotopic (exact) mass is 431 g/mol. The Labute approximate surface area is 141 Å². The van der Waals surface area contributed by atoms with Gasteiger partial charge in [0.2, 0.25) is 10.0 Å². The number of rotatable bonds is 7. The van der Waals surface area contributed by atoms with Gasteiger partial charge in [0.25, 0.3) is 0 Å². The van der Waals surface area contributed by atoms with Crippen LogP contribution in [-0.2, 0) is 10.0 Å². The van der Waals surface area contributed by atoms with E-state index in [1.54, 1.807) is 4.31 Å². The molecule has 0 radical (unpaired) electrons. The maximum absolute atomic E-state index is 11.7. The molecular weight excluding hydrogens is 406 g/mol. The van der Waals surface area contributed by atoms with Crippen LogP contribution in [0.2, 0.25) is 0 Å². The molecule has 1 atom stereocenters. The van der Waals surface area contributed by atoms with Crippen molar-refractivity contribution in [3.8, 4) is 0 Å². The van der Waals surface area contributed by atoms with Crippen LogP contribution in [0.1, 0.15) is 39.5 Å². The van der Waals surface area contributed by atoms with Crippen molar-refractivity contribution in [3.63, 3.8) is 0 Å². The number of nitrogens with zero attached hydrogens (tertiary/aromatic N) is 1. The summed E-state index contributed by atoms with van der Waals surface area (Å²) in [6.45, 7) is 5.89. The zero-order chi connectivity index (χ0) is 15.4. The molecule has 0 aliphatic carbocycles. The van der Waals surface area contributed by atoms with Crippen molar-refractivity contribution in [2.75, 3.05) is 30.0 Å². The van der Waals surface area contributed by atoms with E-state index in [2.05, 4.69) is 45.7 Å². The second-order valence-electron chi connectivity index (χ2n) is 6.70. The molecule has 3 nitrogen and oxygen atoms in total. The van der Waals surface area contributed by atoms with Crippen molar-refractivity contribution >= 4 is 41.9 Å². The lowest BCUT2D eigenvalue weighted by molar-refractivity contribution is 0.177. The van der Waals surface area contributed by atoms with Gasteiger partial charge in [-0.15, -0.1) is 0 Å². The molecule has 1 rings (SSSR count). The van der Waals surface area contributed by atoms with Gasteiger partial charge in [-0.2, -0.15) is 0 Å². The predicted molar refractivity (Wildman–Crippen MR) is 93.2 cm³/mol. The Morgan fingerprint density at radius 2 is 1.90 bits per heavy atom. The lowest BCUT2D eigenvalue weighted by Gasteiger charge is -2.39. The Hall–Kier alpha value is 0.870. The minimum Gasteiger partial charge on any atom is -0.213 e. The van der Waals surface area contributed by atoms with E-state index in [-0.39, 0.29) is 5.41 Å². The standard InChI is InChI=1S/C14H27Br2NO2S/c1-12(2)7-14(10-15,11-16)8-13-5-4-6-17(9-13)20(3,18)19/h12-13H,4-11H2,1-3H3. The number of alkyl halides is 2. The number of hydrogen-bond acceptors (Lipinski definition) is 2. The van der Waals surface area contributed by atoms with Gasteiger partial charge in [0.15, 0.2) is 0 Å². The first-order valence-electron chi connectivity index (χ1n) is 7.29. The second-order valence-corrected chi connectivity index (χ2v) is 9.80. The highest BCUT2D eigenvalue weighted by Gasteiger charge is 2.35. The van der Waals surface area contributed by atoms with Gasteiger partial charge in [0.1, 0.15) is 0 Å². The molecule has 120 valence electrons. The topological polar surface area (TPSA) is 37.4 Å². The fraction of sp³-hybridized carbons (Fsp3) is 1.00. The van der Waals surface area contributed by atoms with Crippen LogP contribution in [0.4, 0.5) is 0 Å². The van der Waals surface area contributed by atoms with Gasteiger partial charge < -0.3 is 0 Å². The van der Waals surface area contributed by atoms with E-state index in [0.29, 0.717) is 24.9 Å². The molecule has 20 heavy (non-hydrogen) atoms. The Kier molecular flexibility index (Phi) is 7.50. The number of piperidine rings is 1. The van der Waals surface area contributed by atoms with Gasteiger partial charge in [-0.1, -0.05) is 45.7 Å². The molecule has 1 saturated heterocycles. The molecule has 0 saturated carbocycles. The molecule has 1 heterocycles.